The molecule has 1 aliphatic rings. The first-order valence-electron chi connectivity index (χ1n) is 5.35. The fourth-order valence-corrected chi connectivity index (χ4v) is 1.91. The fourth-order valence-electron chi connectivity index (χ4n) is 1.91. The van der Waals surface area contributed by atoms with E-state index in [1.807, 2.05) is 30.3 Å². The van der Waals surface area contributed by atoms with E-state index >= 15 is 0 Å². The second-order valence-corrected chi connectivity index (χ2v) is 4.08. The maximum atomic E-state index is 11.8. The Bertz CT molecular complexity index is 342. The van der Waals surface area contributed by atoms with E-state index in [-0.39, 0.29) is 24.4 Å². The van der Waals surface area contributed by atoms with Gasteiger partial charge in [-0.2, -0.15) is 0 Å². The molecule has 2 rings (SSSR count). The number of nitrogens with one attached hydrogen (secondary N) is 2. The molecule has 1 saturated heterocycles. The van der Waals surface area contributed by atoms with Crippen LogP contribution in [0.3, 0.4) is 0 Å². The summed E-state index contributed by atoms with van der Waals surface area (Å²) in [5.74, 6) is 0.0245. The summed E-state index contributed by atoms with van der Waals surface area (Å²) in [7, 11) is 0. The van der Waals surface area contributed by atoms with E-state index in [0.29, 0.717) is 6.04 Å². The monoisotopic (exact) mass is 240 g/mol. The maximum Gasteiger partial charge on any atom is 0.251 e. The molecular formula is C12H17ClN2O. The molecule has 1 aliphatic heterocycles. The molecule has 1 aromatic rings. The van der Waals surface area contributed by atoms with Gasteiger partial charge in [0.1, 0.15) is 0 Å². The maximum absolute atomic E-state index is 11.8. The molecular weight excluding hydrogens is 224 g/mol. The number of benzene rings is 1. The van der Waals surface area contributed by atoms with Crippen LogP contribution in [-0.2, 0) is 0 Å². The highest BCUT2D eigenvalue weighted by Gasteiger charge is 2.22. The summed E-state index contributed by atoms with van der Waals surface area (Å²) in [6.45, 7) is 3.01. The third-order valence-electron chi connectivity index (χ3n) is 2.72. The largest absolute Gasteiger partial charge is 0.348 e. The number of halogens is 1. The molecule has 2 N–H and O–H groups in total. The zero-order chi connectivity index (χ0) is 10.7. The van der Waals surface area contributed by atoms with E-state index in [0.717, 1.165) is 18.5 Å². The molecule has 0 bridgehead atoms. The first-order valence-corrected chi connectivity index (χ1v) is 5.35. The highest BCUT2D eigenvalue weighted by Crippen LogP contribution is 2.07. The predicted octanol–water partition coefficient (Wildman–Crippen LogP) is 1.59. The summed E-state index contributed by atoms with van der Waals surface area (Å²) in [6.07, 6.45) is 1.01. The van der Waals surface area contributed by atoms with Crippen molar-refractivity contribution >= 4 is 18.3 Å². The van der Waals surface area contributed by atoms with Gasteiger partial charge in [-0.05, 0) is 25.5 Å². The summed E-state index contributed by atoms with van der Waals surface area (Å²) in [5, 5.41) is 6.34. The SMILES string of the molecule is C[C@@H]1C[C@@H](NC(=O)c2ccccc2)CN1.Cl. The molecule has 3 nitrogen and oxygen atoms in total. The minimum atomic E-state index is 0. The predicted molar refractivity (Wildman–Crippen MR) is 67.0 cm³/mol. The second-order valence-electron chi connectivity index (χ2n) is 4.08. The van der Waals surface area contributed by atoms with Crippen LogP contribution in [0, 0.1) is 0 Å². The van der Waals surface area contributed by atoms with Gasteiger partial charge in [-0.25, -0.2) is 0 Å². The molecule has 1 fully saturated rings. The molecule has 0 radical (unpaired) electrons. The van der Waals surface area contributed by atoms with Crippen molar-refractivity contribution in [3.63, 3.8) is 0 Å². The Morgan fingerprint density at radius 2 is 2.06 bits per heavy atom. The summed E-state index contributed by atoms with van der Waals surface area (Å²) >= 11 is 0. The van der Waals surface area contributed by atoms with Crippen LogP contribution in [0.25, 0.3) is 0 Å². The van der Waals surface area contributed by atoms with Crippen LogP contribution >= 0.6 is 12.4 Å². The van der Waals surface area contributed by atoms with Crippen molar-refractivity contribution < 1.29 is 4.79 Å². The molecule has 0 aliphatic carbocycles. The molecule has 88 valence electrons. The molecule has 0 unspecified atom stereocenters. The number of hydrogen-bond acceptors (Lipinski definition) is 2. The van der Waals surface area contributed by atoms with Crippen molar-refractivity contribution in [3.8, 4) is 0 Å². The number of amides is 1. The van der Waals surface area contributed by atoms with E-state index < -0.39 is 0 Å². The second kappa shape index (κ2) is 5.87. The summed E-state index contributed by atoms with van der Waals surface area (Å²) in [5.41, 5.74) is 0.733. The van der Waals surface area contributed by atoms with Gasteiger partial charge in [-0.1, -0.05) is 18.2 Å². The first kappa shape index (κ1) is 13.0. The molecule has 1 heterocycles. The van der Waals surface area contributed by atoms with Crippen LogP contribution in [0.4, 0.5) is 0 Å². The Labute approximate surface area is 102 Å². The average Bonchev–Trinajstić information content (AvgIpc) is 2.65. The number of carbonyl (C=O) groups excluding carboxylic acids is 1. The molecule has 2 atom stereocenters. The van der Waals surface area contributed by atoms with E-state index in [4.69, 9.17) is 0 Å². The van der Waals surface area contributed by atoms with E-state index in [1.54, 1.807) is 0 Å². The van der Waals surface area contributed by atoms with Crippen LogP contribution in [-0.4, -0.2) is 24.5 Å². The Morgan fingerprint density at radius 1 is 1.38 bits per heavy atom. The lowest BCUT2D eigenvalue weighted by Crippen LogP contribution is -2.36. The van der Waals surface area contributed by atoms with E-state index in [2.05, 4.69) is 17.6 Å². The lowest BCUT2D eigenvalue weighted by atomic mass is 10.1. The molecule has 0 saturated carbocycles. The van der Waals surface area contributed by atoms with Crippen LogP contribution in [0.2, 0.25) is 0 Å². The minimum Gasteiger partial charge on any atom is -0.348 e. The summed E-state index contributed by atoms with van der Waals surface area (Å²) < 4.78 is 0. The topological polar surface area (TPSA) is 41.1 Å². The van der Waals surface area contributed by atoms with Gasteiger partial charge < -0.3 is 10.6 Å². The van der Waals surface area contributed by atoms with Gasteiger partial charge >= 0.3 is 0 Å². The van der Waals surface area contributed by atoms with Crippen LogP contribution in [0.1, 0.15) is 23.7 Å². The number of rotatable bonds is 2. The van der Waals surface area contributed by atoms with Gasteiger partial charge in [0.25, 0.3) is 5.91 Å². The van der Waals surface area contributed by atoms with Gasteiger partial charge in [-0.3, -0.25) is 4.79 Å². The average molecular weight is 241 g/mol. The van der Waals surface area contributed by atoms with Crippen molar-refractivity contribution in [1.29, 1.82) is 0 Å². The Morgan fingerprint density at radius 3 is 2.62 bits per heavy atom. The summed E-state index contributed by atoms with van der Waals surface area (Å²) in [4.78, 5) is 11.8. The molecule has 4 heteroatoms. The highest BCUT2D eigenvalue weighted by atomic mass is 35.5. The smallest absolute Gasteiger partial charge is 0.251 e. The zero-order valence-corrected chi connectivity index (χ0v) is 10.1. The number of carbonyl (C=O) groups is 1. The molecule has 1 aromatic carbocycles. The van der Waals surface area contributed by atoms with Crippen LogP contribution in [0.5, 0.6) is 0 Å². The fraction of sp³-hybridized carbons (Fsp3) is 0.417. The highest BCUT2D eigenvalue weighted by molar-refractivity contribution is 5.94. The summed E-state index contributed by atoms with van der Waals surface area (Å²) in [6, 6.07) is 10.1. The third kappa shape index (κ3) is 3.22. The zero-order valence-electron chi connectivity index (χ0n) is 9.27. The minimum absolute atomic E-state index is 0. The Kier molecular flexibility index (Phi) is 4.77. The van der Waals surface area contributed by atoms with Crippen molar-refractivity contribution in [3.05, 3.63) is 35.9 Å². The molecule has 1 amide bonds. The Hall–Kier alpha value is -1.06. The van der Waals surface area contributed by atoms with E-state index in [9.17, 15) is 4.79 Å². The molecule has 0 aromatic heterocycles. The van der Waals surface area contributed by atoms with Gasteiger partial charge in [0.2, 0.25) is 0 Å². The van der Waals surface area contributed by atoms with Crippen molar-refractivity contribution in [2.75, 3.05) is 6.54 Å². The van der Waals surface area contributed by atoms with Crippen molar-refractivity contribution in [2.45, 2.75) is 25.4 Å². The quantitative estimate of drug-likeness (QED) is 0.824. The molecule has 16 heavy (non-hydrogen) atoms. The van der Waals surface area contributed by atoms with Gasteiger partial charge in [0, 0.05) is 24.2 Å². The number of hydrogen-bond donors (Lipinski definition) is 2. The lowest BCUT2D eigenvalue weighted by Gasteiger charge is -2.11. The Balaban J connectivity index is 0.00000128. The standard InChI is InChI=1S/C12H16N2O.ClH/c1-9-7-11(8-13-9)14-12(15)10-5-3-2-4-6-10;/h2-6,9,11,13H,7-8H2,1H3,(H,14,15);1H/t9-,11-;/m1./s1. The third-order valence-corrected chi connectivity index (χ3v) is 2.72. The van der Waals surface area contributed by atoms with Crippen molar-refractivity contribution in [1.82, 2.24) is 10.6 Å². The van der Waals surface area contributed by atoms with Crippen LogP contribution in [0.15, 0.2) is 30.3 Å². The first-order chi connectivity index (χ1) is 7.25. The van der Waals surface area contributed by atoms with Crippen molar-refractivity contribution in [2.24, 2.45) is 0 Å². The van der Waals surface area contributed by atoms with Gasteiger partial charge in [0.05, 0.1) is 0 Å². The van der Waals surface area contributed by atoms with Gasteiger partial charge in [-0.15, -0.1) is 12.4 Å². The molecule has 0 spiro atoms. The lowest BCUT2D eigenvalue weighted by molar-refractivity contribution is 0.0940. The normalized spacial score (nSPS) is 23.6. The van der Waals surface area contributed by atoms with Crippen LogP contribution < -0.4 is 10.6 Å². The van der Waals surface area contributed by atoms with Gasteiger partial charge in [0.15, 0.2) is 0 Å². The van der Waals surface area contributed by atoms with E-state index in [1.165, 1.54) is 0 Å².